The molecule has 0 bridgehead atoms. The Morgan fingerprint density at radius 1 is 0.850 bits per heavy atom. The Morgan fingerprint density at radius 3 is 1.90 bits per heavy atom. The highest BCUT2D eigenvalue weighted by molar-refractivity contribution is 5.29. The largest absolute Gasteiger partial charge is 0.489 e. The van der Waals surface area contributed by atoms with Gasteiger partial charge in [0.1, 0.15) is 12.4 Å². The number of hydrogen-bond donors (Lipinski definition) is 1. The second-order valence-electron chi connectivity index (χ2n) is 5.43. The first-order chi connectivity index (χ1) is 9.56. The molecule has 0 aromatic heterocycles. The highest BCUT2D eigenvalue weighted by Gasteiger charge is 2.02. The first-order valence-electron chi connectivity index (χ1n) is 7.06. The topological polar surface area (TPSA) is 29.5 Å². The molecule has 0 amide bonds. The summed E-state index contributed by atoms with van der Waals surface area (Å²) in [7, 11) is 0. The molecule has 0 radical (unpaired) electrons. The van der Waals surface area contributed by atoms with E-state index >= 15 is 0 Å². The molecular weight excluding hydrogens is 248 g/mol. The molecule has 2 nitrogen and oxygen atoms in total. The van der Waals surface area contributed by atoms with Crippen molar-refractivity contribution < 1.29 is 9.84 Å². The van der Waals surface area contributed by atoms with Gasteiger partial charge in [-0.05, 0) is 41.7 Å². The van der Waals surface area contributed by atoms with E-state index in [9.17, 15) is 5.11 Å². The second-order valence-corrected chi connectivity index (χ2v) is 5.43. The summed E-state index contributed by atoms with van der Waals surface area (Å²) >= 11 is 0. The van der Waals surface area contributed by atoms with Crippen molar-refractivity contribution in [2.45, 2.75) is 39.4 Å². The van der Waals surface area contributed by atoms with E-state index in [0.717, 1.165) is 16.9 Å². The molecule has 0 saturated carbocycles. The zero-order chi connectivity index (χ0) is 14.5. The van der Waals surface area contributed by atoms with Gasteiger partial charge in [-0.2, -0.15) is 0 Å². The molecule has 0 fully saturated rings. The van der Waals surface area contributed by atoms with E-state index in [1.807, 2.05) is 24.3 Å². The highest BCUT2D eigenvalue weighted by atomic mass is 16.5. The summed E-state index contributed by atoms with van der Waals surface area (Å²) in [6.07, 6.45) is -0.437. The van der Waals surface area contributed by atoms with E-state index in [0.29, 0.717) is 12.5 Å². The highest BCUT2D eigenvalue weighted by Crippen LogP contribution is 2.19. The predicted octanol–water partition coefficient (Wildman–Crippen LogP) is 4.44. The first kappa shape index (κ1) is 14.6. The van der Waals surface area contributed by atoms with Crippen LogP contribution in [0.15, 0.2) is 48.5 Å². The smallest absolute Gasteiger partial charge is 0.119 e. The summed E-state index contributed by atoms with van der Waals surface area (Å²) in [5.74, 6) is 1.38. The molecule has 2 aromatic rings. The third-order valence-corrected chi connectivity index (χ3v) is 3.41. The quantitative estimate of drug-likeness (QED) is 0.870. The van der Waals surface area contributed by atoms with E-state index in [4.69, 9.17) is 4.74 Å². The van der Waals surface area contributed by atoms with E-state index in [-0.39, 0.29) is 0 Å². The minimum atomic E-state index is -0.437. The Kier molecular flexibility index (Phi) is 4.80. The molecule has 0 saturated heterocycles. The minimum absolute atomic E-state index is 0.437. The standard InChI is InChI=1S/C18H22O2/c1-13(2)16-6-4-15(5-7-16)12-20-18-10-8-17(9-11-18)14(3)19/h4-11,13-14,19H,12H2,1-3H3/t14-/m0/s1. The van der Waals surface area contributed by atoms with Crippen LogP contribution in [0.25, 0.3) is 0 Å². The number of ether oxygens (including phenoxy) is 1. The fraction of sp³-hybridized carbons (Fsp3) is 0.333. The van der Waals surface area contributed by atoms with E-state index in [1.165, 1.54) is 5.56 Å². The zero-order valence-electron chi connectivity index (χ0n) is 12.3. The van der Waals surface area contributed by atoms with Crippen LogP contribution in [0.3, 0.4) is 0 Å². The van der Waals surface area contributed by atoms with Gasteiger partial charge in [0.05, 0.1) is 6.10 Å². The maximum absolute atomic E-state index is 9.45. The summed E-state index contributed by atoms with van der Waals surface area (Å²) in [5.41, 5.74) is 3.41. The molecule has 0 aliphatic heterocycles. The van der Waals surface area contributed by atoms with Crippen LogP contribution in [0, 0.1) is 0 Å². The molecule has 2 rings (SSSR count). The molecule has 0 aliphatic rings. The lowest BCUT2D eigenvalue weighted by molar-refractivity contribution is 0.199. The number of aliphatic hydroxyl groups is 1. The third-order valence-electron chi connectivity index (χ3n) is 3.41. The summed E-state index contributed by atoms with van der Waals surface area (Å²) < 4.78 is 5.75. The molecular formula is C18H22O2. The Morgan fingerprint density at radius 2 is 1.40 bits per heavy atom. The van der Waals surface area contributed by atoms with E-state index in [1.54, 1.807) is 6.92 Å². The lowest BCUT2D eigenvalue weighted by atomic mass is 10.0. The van der Waals surface area contributed by atoms with Crippen molar-refractivity contribution in [3.8, 4) is 5.75 Å². The number of aliphatic hydroxyl groups excluding tert-OH is 1. The molecule has 0 spiro atoms. The van der Waals surface area contributed by atoms with Gasteiger partial charge in [0.25, 0.3) is 0 Å². The zero-order valence-corrected chi connectivity index (χ0v) is 12.3. The van der Waals surface area contributed by atoms with Crippen molar-refractivity contribution in [3.05, 3.63) is 65.2 Å². The second kappa shape index (κ2) is 6.58. The van der Waals surface area contributed by atoms with Gasteiger partial charge >= 0.3 is 0 Å². The van der Waals surface area contributed by atoms with Gasteiger partial charge in [-0.15, -0.1) is 0 Å². The SMILES string of the molecule is CC(C)c1ccc(COc2ccc([C@H](C)O)cc2)cc1. The summed E-state index contributed by atoms with van der Waals surface area (Å²) in [6, 6.07) is 16.1. The van der Waals surface area contributed by atoms with Crippen molar-refractivity contribution in [2.24, 2.45) is 0 Å². The fourth-order valence-electron chi connectivity index (χ4n) is 2.01. The average Bonchev–Trinajstić information content (AvgIpc) is 2.46. The van der Waals surface area contributed by atoms with Crippen LogP contribution in [-0.2, 0) is 6.61 Å². The lowest BCUT2D eigenvalue weighted by Crippen LogP contribution is -1.97. The van der Waals surface area contributed by atoms with Crippen molar-refractivity contribution in [2.75, 3.05) is 0 Å². The van der Waals surface area contributed by atoms with Crippen molar-refractivity contribution in [1.29, 1.82) is 0 Å². The van der Waals surface area contributed by atoms with Crippen LogP contribution in [0.1, 0.15) is 49.5 Å². The first-order valence-corrected chi connectivity index (χ1v) is 7.06. The van der Waals surface area contributed by atoms with Crippen molar-refractivity contribution >= 4 is 0 Å². The van der Waals surface area contributed by atoms with Gasteiger partial charge in [-0.25, -0.2) is 0 Å². The summed E-state index contributed by atoms with van der Waals surface area (Å²) in [4.78, 5) is 0. The van der Waals surface area contributed by atoms with Gasteiger partial charge in [0, 0.05) is 0 Å². The molecule has 1 atom stereocenters. The molecule has 1 N–H and O–H groups in total. The monoisotopic (exact) mass is 270 g/mol. The van der Waals surface area contributed by atoms with Gasteiger partial charge < -0.3 is 9.84 Å². The van der Waals surface area contributed by atoms with Crippen LogP contribution >= 0.6 is 0 Å². The van der Waals surface area contributed by atoms with Crippen LogP contribution in [0.2, 0.25) is 0 Å². The average molecular weight is 270 g/mol. The maximum Gasteiger partial charge on any atom is 0.119 e. The molecule has 0 aliphatic carbocycles. The van der Waals surface area contributed by atoms with Crippen LogP contribution < -0.4 is 4.74 Å². The molecule has 2 aromatic carbocycles. The van der Waals surface area contributed by atoms with Gasteiger partial charge in [0.15, 0.2) is 0 Å². The molecule has 106 valence electrons. The van der Waals surface area contributed by atoms with E-state index < -0.39 is 6.10 Å². The molecule has 0 heterocycles. The minimum Gasteiger partial charge on any atom is -0.489 e. The fourth-order valence-corrected chi connectivity index (χ4v) is 2.01. The van der Waals surface area contributed by atoms with Crippen LogP contribution in [0.5, 0.6) is 5.75 Å². The van der Waals surface area contributed by atoms with Crippen molar-refractivity contribution in [1.82, 2.24) is 0 Å². The Hall–Kier alpha value is -1.80. The molecule has 2 heteroatoms. The number of rotatable bonds is 5. The van der Waals surface area contributed by atoms with Crippen LogP contribution in [0.4, 0.5) is 0 Å². The normalized spacial score (nSPS) is 12.4. The predicted molar refractivity (Wildman–Crippen MR) is 81.9 cm³/mol. The Labute approximate surface area is 121 Å². The summed E-state index contributed by atoms with van der Waals surface area (Å²) in [5, 5.41) is 9.45. The van der Waals surface area contributed by atoms with E-state index in [2.05, 4.69) is 38.1 Å². The number of hydrogen-bond acceptors (Lipinski definition) is 2. The van der Waals surface area contributed by atoms with Gasteiger partial charge in [-0.3, -0.25) is 0 Å². The molecule has 20 heavy (non-hydrogen) atoms. The Balaban J connectivity index is 1.94. The van der Waals surface area contributed by atoms with Crippen LogP contribution in [-0.4, -0.2) is 5.11 Å². The Bertz CT molecular complexity index is 473. The number of benzene rings is 2. The lowest BCUT2D eigenvalue weighted by Gasteiger charge is -2.10. The van der Waals surface area contributed by atoms with Gasteiger partial charge in [-0.1, -0.05) is 50.2 Å². The maximum atomic E-state index is 9.45. The molecule has 0 unspecified atom stereocenters. The van der Waals surface area contributed by atoms with Crippen molar-refractivity contribution in [3.63, 3.8) is 0 Å². The third kappa shape index (κ3) is 3.84. The summed E-state index contributed by atoms with van der Waals surface area (Å²) in [6.45, 7) is 6.70. The van der Waals surface area contributed by atoms with Gasteiger partial charge in [0.2, 0.25) is 0 Å².